The monoisotopic (exact) mass is 344 g/mol. The molecule has 25 heavy (non-hydrogen) atoms. The summed E-state index contributed by atoms with van der Waals surface area (Å²) in [6.07, 6.45) is 3.12. The van der Waals surface area contributed by atoms with Gasteiger partial charge in [-0.05, 0) is 32.0 Å². The first-order valence-corrected chi connectivity index (χ1v) is 8.21. The fourth-order valence-corrected chi connectivity index (χ4v) is 2.84. The number of rotatable bonds is 5. The normalized spacial score (nSPS) is 20.2. The molecule has 1 aliphatic rings. The molecule has 0 aliphatic carbocycles. The van der Waals surface area contributed by atoms with Gasteiger partial charge in [-0.1, -0.05) is 0 Å². The average Bonchev–Trinajstić information content (AvgIpc) is 2.57. The van der Waals surface area contributed by atoms with E-state index in [1.54, 1.807) is 12.3 Å². The zero-order valence-electron chi connectivity index (χ0n) is 14.0. The summed E-state index contributed by atoms with van der Waals surface area (Å²) in [7, 11) is 0. The number of hydrogen-bond donors (Lipinski definition) is 3. The summed E-state index contributed by atoms with van der Waals surface area (Å²) in [6, 6.07) is 3.17. The molecule has 0 aromatic carbocycles. The van der Waals surface area contributed by atoms with Gasteiger partial charge in [0, 0.05) is 24.6 Å². The van der Waals surface area contributed by atoms with Crippen LogP contribution in [0.3, 0.4) is 0 Å². The number of carbonyl (C=O) groups excluding carboxylic acids is 1. The van der Waals surface area contributed by atoms with Crippen molar-refractivity contribution in [1.82, 2.24) is 20.3 Å². The number of nitrogens with zero attached hydrogens (tertiary/aromatic N) is 3. The second-order valence-electron chi connectivity index (χ2n) is 6.14. The molecule has 3 heterocycles. The Morgan fingerprint density at radius 1 is 1.48 bits per heavy atom. The summed E-state index contributed by atoms with van der Waals surface area (Å²) in [4.78, 5) is 24.5. The van der Waals surface area contributed by atoms with Crippen molar-refractivity contribution in [2.24, 2.45) is 5.73 Å². The van der Waals surface area contributed by atoms with Gasteiger partial charge in [0.2, 0.25) is 0 Å². The van der Waals surface area contributed by atoms with Crippen molar-refractivity contribution >= 4 is 11.6 Å². The minimum atomic E-state index is -1.04. The number of anilines is 1. The maximum absolute atomic E-state index is 14.1. The van der Waals surface area contributed by atoms with Crippen LogP contribution in [0.4, 0.5) is 10.1 Å². The van der Waals surface area contributed by atoms with E-state index in [1.165, 1.54) is 6.20 Å². The fourth-order valence-electron chi connectivity index (χ4n) is 2.84. The van der Waals surface area contributed by atoms with E-state index in [2.05, 4.69) is 25.6 Å². The highest BCUT2D eigenvalue weighted by Gasteiger charge is 2.25. The lowest BCUT2D eigenvalue weighted by atomic mass is 10.0. The van der Waals surface area contributed by atoms with Crippen LogP contribution in [0.15, 0.2) is 24.5 Å². The van der Waals surface area contributed by atoms with E-state index in [1.807, 2.05) is 13.0 Å². The second kappa shape index (κ2) is 7.52. The van der Waals surface area contributed by atoms with E-state index in [-0.39, 0.29) is 11.6 Å². The molecule has 1 aliphatic heterocycles. The summed E-state index contributed by atoms with van der Waals surface area (Å²) in [6.45, 7) is 2.90. The average molecular weight is 344 g/mol. The van der Waals surface area contributed by atoms with Gasteiger partial charge in [-0.3, -0.25) is 9.78 Å². The lowest BCUT2D eigenvalue weighted by molar-refractivity contribution is 0.100. The van der Waals surface area contributed by atoms with Crippen LogP contribution in [-0.2, 0) is 6.42 Å². The molecule has 2 aromatic rings. The van der Waals surface area contributed by atoms with Gasteiger partial charge in [-0.15, -0.1) is 0 Å². The third-order valence-electron chi connectivity index (χ3n) is 4.16. The van der Waals surface area contributed by atoms with Crippen LogP contribution in [0.1, 0.15) is 34.0 Å². The number of amides is 1. The Morgan fingerprint density at radius 2 is 2.32 bits per heavy atom. The molecule has 2 aromatic heterocycles. The predicted molar refractivity (Wildman–Crippen MR) is 92.1 cm³/mol. The number of piperidine rings is 1. The number of halogens is 1. The lowest BCUT2D eigenvalue weighted by Crippen LogP contribution is -2.45. The highest BCUT2D eigenvalue weighted by molar-refractivity contribution is 5.98. The summed E-state index contributed by atoms with van der Waals surface area (Å²) in [5.41, 5.74) is 7.73. The van der Waals surface area contributed by atoms with Crippen molar-refractivity contribution < 1.29 is 9.18 Å². The van der Waals surface area contributed by atoms with Crippen molar-refractivity contribution in [3.05, 3.63) is 47.3 Å². The topological polar surface area (TPSA) is 106 Å². The minimum absolute atomic E-state index is 0.250. The Balaban J connectivity index is 1.85. The Morgan fingerprint density at radius 3 is 3.04 bits per heavy atom. The van der Waals surface area contributed by atoms with Gasteiger partial charge in [0.15, 0.2) is 0 Å². The van der Waals surface area contributed by atoms with Gasteiger partial charge in [-0.2, -0.15) is 0 Å². The van der Waals surface area contributed by atoms with Crippen molar-refractivity contribution in [3.63, 3.8) is 0 Å². The zero-order chi connectivity index (χ0) is 17.8. The zero-order valence-corrected chi connectivity index (χ0v) is 14.0. The molecule has 2 atom stereocenters. The van der Waals surface area contributed by atoms with Crippen LogP contribution in [-0.4, -0.2) is 46.2 Å². The first kappa shape index (κ1) is 17.2. The first-order chi connectivity index (χ1) is 12.0. The molecule has 3 rings (SSSR count). The number of nitrogens with two attached hydrogens (primary N) is 1. The van der Waals surface area contributed by atoms with Crippen LogP contribution in [0, 0.1) is 6.92 Å². The summed E-state index contributed by atoms with van der Waals surface area (Å²) >= 11 is 0. The summed E-state index contributed by atoms with van der Waals surface area (Å²) < 4.78 is 14.1. The quantitative estimate of drug-likeness (QED) is 0.747. The minimum Gasteiger partial charge on any atom is -0.379 e. The van der Waals surface area contributed by atoms with Crippen molar-refractivity contribution in [3.8, 4) is 0 Å². The summed E-state index contributed by atoms with van der Waals surface area (Å²) in [5, 5.41) is 6.12. The third kappa shape index (κ3) is 4.27. The number of aromatic nitrogens is 3. The van der Waals surface area contributed by atoms with E-state index in [4.69, 9.17) is 5.73 Å². The summed E-state index contributed by atoms with van der Waals surface area (Å²) in [5.74, 6) is 0.0354. The third-order valence-corrected chi connectivity index (χ3v) is 4.16. The van der Waals surface area contributed by atoms with Crippen LogP contribution in [0.25, 0.3) is 0 Å². The maximum Gasteiger partial charge on any atom is 0.252 e. The molecule has 7 nitrogen and oxygen atoms in total. The van der Waals surface area contributed by atoms with Crippen LogP contribution in [0.2, 0.25) is 0 Å². The van der Waals surface area contributed by atoms with Crippen LogP contribution < -0.4 is 16.4 Å². The SMILES string of the molecule is Cc1ccnc(Cc2cc(N[C@@H]3CCNC[C@@H]3F)c(C(N)=O)cn2)n1. The highest BCUT2D eigenvalue weighted by atomic mass is 19.1. The molecule has 0 radical (unpaired) electrons. The van der Waals surface area contributed by atoms with E-state index in [0.29, 0.717) is 36.6 Å². The smallest absolute Gasteiger partial charge is 0.252 e. The largest absolute Gasteiger partial charge is 0.379 e. The number of pyridine rings is 1. The van der Waals surface area contributed by atoms with Gasteiger partial charge < -0.3 is 16.4 Å². The second-order valence-corrected chi connectivity index (χ2v) is 6.14. The van der Waals surface area contributed by atoms with E-state index < -0.39 is 12.1 Å². The van der Waals surface area contributed by atoms with E-state index in [9.17, 15) is 9.18 Å². The molecule has 0 unspecified atom stereocenters. The maximum atomic E-state index is 14.1. The van der Waals surface area contributed by atoms with Gasteiger partial charge in [0.1, 0.15) is 12.0 Å². The first-order valence-electron chi connectivity index (χ1n) is 8.21. The van der Waals surface area contributed by atoms with Gasteiger partial charge >= 0.3 is 0 Å². The van der Waals surface area contributed by atoms with Crippen molar-refractivity contribution in [2.45, 2.75) is 32.0 Å². The van der Waals surface area contributed by atoms with E-state index in [0.717, 1.165) is 12.2 Å². The molecular weight excluding hydrogens is 323 g/mol. The Hall–Kier alpha value is -2.61. The van der Waals surface area contributed by atoms with Gasteiger partial charge in [-0.25, -0.2) is 14.4 Å². The highest BCUT2D eigenvalue weighted by Crippen LogP contribution is 2.21. The number of nitrogens with one attached hydrogen (secondary N) is 2. The molecule has 0 spiro atoms. The van der Waals surface area contributed by atoms with Crippen LogP contribution in [0.5, 0.6) is 0 Å². The molecule has 1 amide bonds. The number of alkyl halides is 1. The van der Waals surface area contributed by atoms with Gasteiger partial charge in [0.05, 0.1) is 29.4 Å². The Bertz CT molecular complexity index is 769. The number of hydrogen-bond acceptors (Lipinski definition) is 6. The Kier molecular flexibility index (Phi) is 5.18. The fraction of sp³-hybridized carbons (Fsp3) is 0.412. The molecule has 8 heteroatoms. The molecule has 132 valence electrons. The van der Waals surface area contributed by atoms with Crippen molar-refractivity contribution in [2.75, 3.05) is 18.4 Å². The number of primary amides is 1. The molecular formula is C17H21FN6O. The molecule has 0 bridgehead atoms. The molecule has 4 N–H and O–H groups in total. The molecule has 1 fully saturated rings. The number of carbonyl (C=O) groups is 1. The van der Waals surface area contributed by atoms with Crippen molar-refractivity contribution in [1.29, 1.82) is 0 Å². The van der Waals surface area contributed by atoms with Gasteiger partial charge in [0.25, 0.3) is 5.91 Å². The van der Waals surface area contributed by atoms with Crippen LogP contribution >= 0.6 is 0 Å². The number of aryl methyl sites for hydroxylation is 1. The molecule has 0 saturated carbocycles. The standard InChI is InChI=1S/C17H21FN6O/c1-10-2-5-21-16(23-10)7-11-6-15(12(8-22-11)17(19)25)24-14-3-4-20-9-13(14)18/h2,5-6,8,13-14,20H,3-4,7,9H2,1H3,(H2,19,25)(H,22,24)/t13-,14+/m0/s1. The van der Waals surface area contributed by atoms with E-state index >= 15 is 0 Å². The Labute approximate surface area is 145 Å². The lowest BCUT2D eigenvalue weighted by Gasteiger charge is -2.29. The predicted octanol–water partition coefficient (Wildman–Crippen LogP) is 0.982. The molecule has 1 saturated heterocycles.